The number of hydrogen-bond donors (Lipinski definition) is 3. The van der Waals surface area contributed by atoms with Crippen molar-refractivity contribution < 1.29 is 14.6 Å². The van der Waals surface area contributed by atoms with E-state index in [0.29, 0.717) is 41.0 Å². The first-order valence-corrected chi connectivity index (χ1v) is 10.1. The summed E-state index contributed by atoms with van der Waals surface area (Å²) in [5.41, 5.74) is 3.73. The zero-order valence-corrected chi connectivity index (χ0v) is 17.1. The lowest BCUT2D eigenvalue weighted by Crippen LogP contribution is -2.12. The number of rotatable bonds is 6. The summed E-state index contributed by atoms with van der Waals surface area (Å²) in [7, 11) is 0. The fraction of sp³-hybridized carbons (Fsp3) is 0.136. The summed E-state index contributed by atoms with van der Waals surface area (Å²) in [4.78, 5) is 20.5. The van der Waals surface area contributed by atoms with Gasteiger partial charge in [-0.15, -0.1) is 0 Å². The second kappa shape index (κ2) is 7.90. The summed E-state index contributed by atoms with van der Waals surface area (Å²) in [6, 6.07) is 12.6. The van der Waals surface area contributed by atoms with Crippen molar-refractivity contribution in [2.45, 2.75) is 13.1 Å². The predicted molar refractivity (Wildman–Crippen MR) is 117 cm³/mol. The summed E-state index contributed by atoms with van der Waals surface area (Å²) in [5, 5.41) is 15.8. The smallest absolute Gasteiger partial charge is 0.252 e. The van der Waals surface area contributed by atoms with E-state index in [-0.39, 0.29) is 12.5 Å². The van der Waals surface area contributed by atoms with E-state index in [1.807, 2.05) is 29.0 Å². The molecule has 5 rings (SSSR count). The molecule has 2 aromatic carbocycles. The number of nitrogens with zero attached hydrogens (tertiary/aromatic N) is 3. The van der Waals surface area contributed by atoms with Gasteiger partial charge in [0.15, 0.2) is 5.82 Å². The average Bonchev–Trinajstić information content (AvgIpc) is 3.36. The van der Waals surface area contributed by atoms with Crippen LogP contribution in [0.3, 0.4) is 0 Å². The Kier molecular flexibility index (Phi) is 4.93. The normalized spacial score (nSPS) is 12.6. The van der Waals surface area contributed by atoms with Crippen LogP contribution in [0.4, 0.5) is 11.5 Å². The minimum atomic E-state index is -0.104. The van der Waals surface area contributed by atoms with Crippen molar-refractivity contribution in [3.8, 4) is 11.5 Å². The molecule has 31 heavy (non-hydrogen) atoms. The van der Waals surface area contributed by atoms with Crippen LogP contribution >= 0.6 is 11.6 Å². The van der Waals surface area contributed by atoms with Crippen LogP contribution in [0.2, 0.25) is 5.02 Å². The molecule has 2 aromatic heterocycles. The lowest BCUT2D eigenvalue weighted by atomic mass is 10.1. The van der Waals surface area contributed by atoms with Crippen LogP contribution in [0.15, 0.2) is 55.0 Å². The molecule has 4 aromatic rings. The second-order valence-corrected chi connectivity index (χ2v) is 7.43. The van der Waals surface area contributed by atoms with Gasteiger partial charge in [-0.2, -0.15) is 0 Å². The molecule has 8 nitrogen and oxygen atoms in total. The van der Waals surface area contributed by atoms with Crippen molar-refractivity contribution in [2.24, 2.45) is 0 Å². The van der Waals surface area contributed by atoms with E-state index in [1.165, 1.54) is 6.33 Å². The van der Waals surface area contributed by atoms with Crippen LogP contribution < -0.4 is 15.4 Å². The first kappa shape index (κ1) is 19.3. The zero-order valence-electron chi connectivity index (χ0n) is 16.3. The van der Waals surface area contributed by atoms with E-state index >= 15 is 0 Å². The maximum absolute atomic E-state index is 11.9. The van der Waals surface area contributed by atoms with Crippen LogP contribution in [-0.4, -0.2) is 32.2 Å². The van der Waals surface area contributed by atoms with Crippen molar-refractivity contribution in [1.29, 1.82) is 0 Å². The van der Waals surface area contributed by atoms with Crippen LogP contribution in [0.1, 0.15) is 15.9 Å². The van der Waals surface area contributed by atoms with Gasteiger partial charge in [0, 0.05) is 36.1 Å². The van der Waals surface area contributed by atoms with Crippen LogP contribution in [-0.2, 0) is 13.1 Å². The number of fused-ring (bicyclic) bond motifs is 2. The van der Waals surface area contributed by atoms with E-state index in [1.54, 1.807) is 24.3 Å². The number of amides is 1. The van der Waals surface area contributed by atoms with Gasteiger partial charge < -0.3 is 25.0 Å². The third-order valence-electron chi connectivity index (χ3n) is 5.11. The SMILES string of the molecule is O=C1NCc2c(Oc3ccc(Nc4ncnc5ccn(CCO)c45)cc3Cl)cccc21. The molecule has 0 saturated heterocycles. The summed E-state index contributed by atoms with van der Waals surface area (Å²) >= 11 is 6.48. The number of hydrogen-bond acceptors (Lipinski definition) is 6. The zero-order chi connectivity index (χ0) is 21.4. The van der Waals surface area contributed by atoms with Gasteiger partial charge in [0.1, 0.15) is 23.3 Å². The molecule has 1 aliphatic heterocycles. The number of halogens is 1. The Bertz CT molecular complexity index is 1300. The highest BCUT2D eigenvalue weighted by atomic mass is 35.5. The second-order valence-electron chi connectivity index (χ2n) is 7.03. The van der Waals surface area contributed by atoms with Crippen LogP contribution in [0.5, 0.6) is 11.5 Å². The van der Waals surface area contributed by atoms with Gasteiger partial charge in [-0.1, -0.05) is 17.7 Å². The van der Waals surface area contributed by atoms with E-state index < -0.39 is 0 Å². The van der Waals surface area contributed by atoms with Gasteiger partial charge in [0.2, 0.25) is 0 Å². The number of anilines is 2. The number of aromatic nitrogens is 3. The number of ether oxygens (including phenoxy) is 1. The number of carbonyl (C=O) groups excluding carboxylic acids is 1. The first-order chi connectivity index (χ1) is 15.1. The van der Waals surface area contributed by atoms with Crippen molar-refractivity contribution in [1.82, 2.24) is 19.9 Å². The number of aliphatic hydroxyl groups is 1. The summed E-state index contributed by atoms with van der Waals surface area (Å²) in [6.07, 6.45) is 3.35. The molecule has 0 saturated carbocycles. The maximum Gasteiger partial charge on any atom is 0.252 e. The highest BCUT2D eigenvalue weighted by Gasteiger charge is 2.22. The molecule has 0 bridgehead atoms. The molecule has 156 valence electrons. The number of nitrogens with one attached hydrogen (secondary N) is 2. The van der Waals surface area contributed by atoms with Gasteiger partial charge in [0.25, 0.3) is 5.91 Å². The molecule has 0 atom stereocenters. The first-order valence-electron chi connectivity index (χ1n) is 9.69. The highest BCUT2D eigenvalue weighted by molar-refractivity contribution is 6.32. The summed E-state index contributed by atoms with van der Waals surface area (Å²) in [5.74, 6) is 1.58. The average molecular weight is 436 g/mol. The van der Waals surface area contributed by atoms with Gasteiger partial charge in [-0.3, -0.25) is 4.79 Å². The van der Waals surface area contributed by atoms with Crippen molar-refractivity contribution in [3.05, 3.63) is 71.1 Å². The molecule has 3 N–H and O–H groups in total. The molecule has 0 unspecified atom stereocenters. The van der Waals surface area contributed by atoms with Crippen molar-refractivity contribution in [2.75, 3.05) is 11.9 Å². The highest BCUT2D eigenvalue weighted by Crippen LogP contribution is 2.36. The Morgan fingerprint density at radius 2 is 2.10 bits per heavy atom. The minimum absolute atomic E-state index is 0.0142. The van der Waals surface area contributed by atoms with E-state index in [0.717, 1.165) is 22.3 Å². The van der Waals surface area contributed by atoms with Crippen molar-refractivity contribution in [3.63, 3.8) is 0 Å². The third-order valence-corrected chi connectivity index (χ3v) is 5.40. The molecule has 1 amide bonds. The molecule has 9 heteroatoms. The van der Waals surface area contributed by atoms with Crippen molar-refractivity contribution >= 4 is 40.0 Å². The Labute approximate surface area is 182 Å². The standard InChI is InChI=1S/C22H18ClN5O3/c23-16-10-13(27-21-20-17(25-12-26-21)6-7-28(20)8-9-29)4-5-19(16)31-18-3-1-2-14-15(18)11-24-22(14)30/h1-7,10,12,29H,8-9,11H2,(H,24,30)(H,25,26,27). The summed E-state index contributed by atoms with van der Waals surface area (Å²) in [6.45, 7) is 0.886. The van der Waals surface area contributed by atoms with Gasteiger partial charge >= 0.3 is 0 Å². The molecule has 0 spiro atoms. The summed E-state index contributed by atoms with van der Waals surface area (Å²) < 4.78 is 7.90. The third kappa shape index (κ3) is 3.56. The molecule has 3 heterocycles. The maximum atomic E-state index is 11.9. The Balaban J connectivity index is 1.42. The van der Waals surface area contributed by atoms with Crippen LogP contribution in [0, 0.1) is 0 Å². The fourth-order valence-corrected chi connectivity index (χ4v) is 3.87. The van der Waals surface area contributed by atoms with Crippen LogP contribution in [0.25, 0.3) is 11.0 Å². The van der Waals surface area contributed by atoms with E-state index in [9.17, 15) is 9.90 Å². The molecule has 0 radical (unpaired) electrons. The number of benzene rings is 2. The molecular formula is C22H18ClN5O3. The Hall–Kier alpha value is -3.62. The Morgan fingerprint density at radius 1 is 1.19 bits per heavy atom. The van der Waals surface area contributed by atoms with Gasteiger partial charge in [-0.25, -0.2) is 9.97 Å². The van der Waals surface area contributed by atoms with Gasteiger partial charge in [-0.05, 0) is 36.4 Å². The number of aliphatic hydroxyl groups excluding tert-OH is 1. The molecular weight excluding hydrogens is 418 g/mol. The van der Waals surface area contributed by atoms with E-state index in [2.05, 4.69) is 20.6 Å². The Morgan fingerprint density at radius 3 is 2.94 bits per heavy atom. The lowest BCUT2D eigenvalue weighted by molar-refractivity contribution is 0.0965. The van der Waals surface area contributed by atoms with Gasteiger partial charge in [0.05, 0.1) is 17.1 Å². The molecule has 1 aliphatic rings. The fourth-order valence-electron chi connectivity index (χ4n) is 3.65. The number of carbonyl (C=O) groups is 1. The largest absolute Gasteiger partial charge is 0.455 e. The van der Waals surface area contributed by atoms with E-state index in [4.69, 9.17) is 16.3 Å². The molecule has 0 aliphatic carbocycles. The predicted octanol–water partition coefficient (Wildman–Crippen LogP) is 3.86. The lowest BCUT2D eigenvalue weighted by Gasteiger charge is -2.13. The minimum Gasteiger partial charge on any atom is -0.455 e. The molecule has 0 fully saturated rings. The monoisotopic (exact) mass is 435 g/mol. The quantitative estimate of drug-likeness (QED) is 0.425. The topological polar surface area (TPSA) is 101 Å².